The summed E-state index contributed by atoms with van der Waals surface area (Å²) in [5.41, 5.74) is 1.38. The van der Waals surface area contributed by atoms with Gasteiger partial charge in [-0.1, -0.05) is 11.6 Å². The Balaban J connectivity index is 2.19. The SMILES string of the molecule is CN(CC#N)C(=O)c1cc2c(Cl)ccc3c2n1CCO3. The minimum atomic E-state index is -0.188. The summed E-state index contributed by atoms with van der Waals surface area (Å²) in [6, 6.07) is 7.32. The molecule has 0 spiro atoms. The van der Waals surface area contributed by atoms with Gasteiger partial charge >= 0.3 is 0 Å². The van der Waals surface area contributed by atoms with Crippen LogP contribution >= 0.6 is 11.6 Å². The monoisotopic (exact) mass is 289 g/mol. The highest BCUT2D eigenvalue weighted by Gasteiger charge is 2.24. The Morgan fingerprint density at radius 2 is 2.40 bits per heavy atom. The largest absolute Gasteiger partial charge is 0.490 e. The highest BCUT2D eigenvalue weighted by molar-refractivity contribution is 6.36. The van der Waals surface area contributed by atoms with Crippen LogP contribution in [0, 0.1) is 11.3 Å². The van der Waals surface area contributed by atoms with Crippen LogP contribution in [0.15, 0.2) is 18.2 Å². The van der Waals surface area contributed by atoms with Crippen LogP contribution in [-0.4, -0.2) is 35.6 Å². The standard InChI is InChI=1S/C14H12ClN3O2/c1-17(5-4-16)14(19)11-8-9-10(15)2-3-12-13(9)18(11)6-7-20-12/h2-3,8H,5-7H2,1H3. The van der Waals surface area contributed by atoms with Gasteiger partial charge in [0.15, 0.2) is 0 Å². The number of aromatic nitrogens is 1. The molecule has 102 valence electrons. The fourth-order valence-electron chi connectivity index (χ4n) is 2.46. The second kappa shape index (κ2) is 4.73. The van der Waals surface area contributed by atoms with Gasteiger partial charge in [-0.2, -0.15) is 5.26 Å². The highest BCUT2D eigenvalue weighted by atomic mass is 35.5. The van der Waals surface area contributed by atoms with Gasteiger partial charge in [-0.3, -0.25) is 4.79 Å². The molecule has 0 bridgehead atoms. The number of benzene rings is 1. The van der Waals surface area contributed by atoms with E-state index in [1.165, 1.54) is 4.90 Å². The van der Waals surface area contributed by atoms with Crippen molar-refractivity contribution in [3.63, 3.8) is 0 Å². The zero-order chi connectivity index (χ0) is 14.3. The third-order valence-corrected chi connectivity index (χ3v) is 3.74. The van der Waals surface area contributed by atoms with Gasteiger partial charge in [-0.25, -0.2) is 0 Å². The van der Waals surface area contributed by atoms with Crippen LogP contribution in [-0.2, 0) is 6.54 Å². The van der Waals surface area contributed by atoms with Gasteiger partial charge in [0.1, 0.15) is 24.6 Å². The van der Waals surface area contributed by atoms with Crippen molar-refractivity contribution < 1.29 is 9.53 Å². The van der Waals surface area contributed by atoms with Crippen LogP contribution in [0.25, 0.3) is 10.9 Å². The minimum Gasteiger partial charge on any atom is -0.490 e. The number of hydrogen-bond acceptors (Lipinski definition) is 3. The number of carbonyl (C=O) groups excluding carboxylic acids is 1. The predicted molar refractivity (Wildman–Crippen MR) is 75.0 cm³/mol. The Bertz CT molecular complexity index is 745. The van der Waals surface area contributed by atoms with Crippen molar-refractivity contribution in [1.29, 1.82) is 5.26 Å². The molecule has 2 heterocycles. The summed E-state index contributed by atoms with van der Waals surface area (Å²) < 4.78 is 7.51. The second-order valence-corrected chi connectivity index (χ2v) is 5.06. The van der Waals surface area contributed by atoms with Gasteiger partial charge in [-0.15, -0.1) is 0 Å². The maximum absolute atomic E-state index is 12.4. The fourth-order valence-corrected chi connectivity index (χ4v) is 2.67. The molecule has 2 aromatic rings. The first-order chi connectivity index (χ1) is 9.63. The van der Waals surface area contributed by atoms with E-state index in [0.717, 1.165) is 16.7 Å². The lowest BCUT2D eigenvalue weighted by atomic mass is 10.2. The summed E-state index contributed by atoms with van der Waals surface area (Å²) in [5, 5.41) is 10.1. The van der Waals surface area contributed by atoms with E-state index in [2.05, 4.69) is 0 Å². The van der Waals surface area contributed by atoms with Crippen LogP contribution in [0.3, 0.4) is 0 Å². The lowest BCUT2D eigenvalue weighted by Crippen LogP contribution is -2.30. The van der Waals surface area contributed by atoms with E-state index in [-0.39, 0.29) is 12.5 Å². The van der Waals surface area contributed by atoms with Crippen molar-refractivity contribution in [3.05, 3.63) is 28.9 Å². The number of nitriles is 1. The zero-order valence-corrected chi connectivity index (χ0v) is 11.6. The van der Waals surface area contributed by atoms with Crippen LogP contribution in [0.4, 0.5) is 0 Å². The number of carbonyl (C=O) groups is 1. The number of nitrogens with zero attached hydrogens (tertiary/aromatic N) is 3. The van der Waals surface area contributed by atoms with Gasteiger partial charge in [0, 0.05) is 12.4 Å². The minimum absolute atomic E-state index is 0.0530. The van der Waals surface area contributed by atoms with Crippen LogP contribution in [0.1, 0.15) is 10.5 Å². The molecule has 0 atom stereocenters. The number of amides is 1. The fraction of sp³-hybridized carbons (Fsp3) is 0.286. The molecular formula is C14H12ClN3O2. The van der Waals surface area contributed by atoms with Crippen molar-refractivity contribution in [3.8, 4) is 11.8 Å². The van der Waals surface area contributed by atoms with Crippen molar-refractivity contribution >= 4 is 28.4 Å². The average Bonchev–Trinajstić information content (AvgIpc) is 2.84. The Labute approximate surface area is 120 Å². The Morgan fingerprint density at radius 1 is 1.60 bits per heavy atom. The maximum Gasteiger partial charge on any atom is 0.271 e. The van der Waals surface area contributed by atoms with Crippen LogP contribution < -0.4 is 4.74 Å². The maximum atomic E-state index is 12.4. The molecule has 5 nitrogen and oxygen atoms in total. The third kappa shape index (κ3) is 1.81. The summed E-state index contributed by atoms with van der Waals surface area (Å²) in [5.74, 6) is 0.546. The van der Waals surface area contributed by atoms with Crippen LogP contribution in [0.5, 0.6) is 5.75 Å². The van der Waals surface area contributed by atoms with E-state index in [1.54, 1.807) is 19.2 Å². The first-order valence-electron chi connectivity index (χ1n) is 6.20. The van der Waals surface area contributed by atoms with E-state index >= 15 is 0 Å². The summed E-state index contributed by atoms with van der Waals surface area (Å²) >= 11 is 6.19. The van der Waals surface area contributed by atoms with Crippen molar-refractivity contribution in [2.75, 3.05) is 20.2 Å². The van der Waals surface area contributed by atoms with Crippen molar-refractivity contribution in [2.24, 2.45) is 0 Å². The molecule has 1 aliphatic heterocycles. The van der Waals surface area contributed by atoms with E-state index in [0.29, 0.717) is 23.9 Å². The molecule has 0 saturated carbocycles. The van der Waals surface area contributed by atoms with Gasteiger partial charge in [-0.05, 0) is 18.2 Å². The van der Waals surface area contributed by atoms with Gasteiger partial charge < -0.3 is 14.2 Å². The Kier molecular flexibility index (Phi) is 3.03. The Morgan fingerprint density at radius 3 is 3.15 bits per heavy atom. The third-order valence-electron chi connectivity index (χ3n) is 3.41. The van der Waals surface area contributed by atoms with Crippen molar-refractivity contribution in [2.45, 2.75) is 6.54 Å². The molecule has 1 amide bonds. The number of halogens is 1. The first-order valence-corrected chi connectivity index (χ1v) is 6.58. The average molecular weight is 290 g/mol. The molecule has 0 N–H and O–H groups in total. The molecule has 0 aliphatic carbocycles. The molecule has 6 heteroatoms. The first kappa shape index (κ1) is 12.8. The summed E-state index contributed by atoms with van der Waals surface area (Å²) in [6.07, 6.45) is 0. The number of ether oxygens (including phenoxy) is 1. The van der Waals surface area contributed by atoms with Gasteiger partial charge in [0.25, 0.3) is 5.91 Å². The highest BCUT2D eigenvalue weighted by Crippen LogP contribution is 2.36. The molecule has 1 aliphatic rings. The van der Waals surface area contributed by atoms with Crippen LogP contribution in [0.2, 0.25) is 5.02 Å². The van der Waals surface area contributed by atoms with E-state index in [4.69, 9.17) is 21.6 Å². The quantitative estimate of drug-likeness (QED) is 0.797. The number of hydrogen-bond donors (Lipinski definition) is 0. The zero-order valence-electron chi connectivity index (χ0n) is 10.9. The molecule has 1 aromatic heterocycles. The predicted octanol–water partition coefficient (Wildman–Crippen LogP) is 2.28. The van der Waals surface area contributed by atoms with Crippen molar-refractivity contribution in [1.82, 2.24) is 9.47 Å². The molecule has 20 heavy (non-hydrogen) atoms. The number of rotatable bonds is 2. The molecule has 3 rings (SSSR count). The molecule has 1 aromatic carbocycles. The summed E-state index contributed by atoms with van der Waals surface area (Å²) in [7, 11) is 1.61. The van der Waals surface area contributed by atoms with Gasteiger partial charge in [0.05, 0.1) is 23.2 Å². The summed E-state index contributed by atoms with van der Waals surface area (Å²) in [6.45, 7) is 1.16. The Hall–Kier alpha value is -2.19. The lowest BCUT2D eigenvalue weighted by Gasteiger charge is -2.20. The second-order valence-electron chi connectivity index (χ2n) is 4.66. The molecular weight excluding hydrogens is 278 g/mol. The normalized spacial score (nSPS) is 12.8. The summed E-state index contributed by atoms with van der Waals surface area (Å²) in [4.78, 5) is 13.8. The van der Waals surface area contributed by atoms with E-state index < -0.39 is 0 Å². The molecule has 0 fully saturated rings. The molecule has 0 unspecified atom stereocenters. The van der Waals surface area contributed by atoms with E-state index in [1.807, 2.05) is 16.7 Å². The molecule has 0 saturated heterocycles. The topological polar surface area (TPSA) is 58.3 Å². The van der Waals surface area contributed by atoms with Gasteiger partial charge in [0.2, 0.25) is 0 Å². The smallest absolute Gasteiger partial charge is 0.271 e. The molecule has 0 radical (unpaired) electrons. The lowest BCUT2D eigenvalue weighted by molar-refractivity contribution is 0.0800. The van der Waals surface area contributed by atoms with E-state index in [9.17, 15) is 4.79 Å².